The molecule has 1 aromatic carbocycles. The van der Waals surface area contributed by atoms with Crippen LogP contribution in [0.3, 0.4) is 0 Å². The van der Waals surface area contributed by atoms with Crippen molar-refractivity contribution in [2.75, 3.05) is 7.11 Å². The van der Waals surface area contributed by atoms with E-state index in [0.717, 1.165) is 12.8 Å². The largest absolute Gasteiger partial charge is 0.465 e. The number of benzene rings is 1. The van der Waals surface area contributed by atoms with Gasteiger partial charge in [-0.25, -0.2) is 9.59 Å². The molecule has 0 aliphatic carbocycles. The molecule has 1 aliphatic heterocycles. The number of aryl methyl sites for hydroxylation is 1. The highest BCUT2D eigenvalue weighted by atomic mass is 16.5. The van der Waals surface area contributed by atoms with Crippen LogP contribution >= 0.6 is 0 Å². The number of rotatable bonds is 5. The summed E-state index contributed by atoms with van der Waals surface area (Å²) in [6, 6.07) is 6.68. The maximum absolute atomic E-state index is 13.4. The number of hydrogen-bond donors (Lipinski definition) is 0. The van der Waals surface area contributed by atoms with Crippen LogP contribution in [-0.4, -0.2) is 32.4 Å². The highest BCUT2D eigenvalue weighted by molar-refractivity contribution is 5.89. The van der Waals surface area contributed by atoms with Gasteiger partial charge in [0.15, 0.2) is 0 Å². The lowest BCUT2D eigenvalue weighted by atomic mass is 10.0. The molecule has 0 unspecified atom stereocenters. The van der Waals surface area contributed by atoms with E-state index in [0.29, 0.717) is 47.7 Å². The average molecular weight is 410 g/mol. The van der Waals surface area contributed by atoms with E-state index in [1.54, 1.807) is 28.8 Å². The van der Waals surface area contributed by atoms with Crippen molar-refractivity contribution >= 4 is 5.97 Å². The molecule has 9 heteroatoms. The van der Waals surface area contributed by atoms with Gasteiger partial charge in [0.1, 0.15) is 5.56 Å². The molecule has 1 aliphatic rings. The van der Waals surface area contributed by atoms with Crippen LogP contribution in [0.2, 0.25) is 0 Å². The Bertz CT molecular complexity index is 1220. The summed E-state index contributed by atoms with van der Waals surface area (Å²) in [4.78, 5) is 42.7. The molecule has 0 fully saturated rings. The number of hydrogen-bond acceptors (Lipinski definition) is 7. The van der Waals surface area contributed by atoms with Crippen molar-refractivity contribution in [3.63, 3.8) is 0 Å². The lowest BCUT2D eigenvalue weighted by Gasteiger charge is -2.22. The van der Waals surface area contributed by atoms with Gasteiger partial charge in [0, 0.05) is 18.7 Å². The molecular weight excluding hydrogens is 388 g/mol. The van der Waals surface area contributed by atoms with Crippen LogP contribution in [0.25, 0.3) is 11.4 Å². The number of aromatic nitrogens is 4. The maximum Gasteiger partial charge on any atom is 0.337 e. The molecule has 0 bridgehead atoms. The van der Waals surface area contributed by atoms with Crippen LogP contribution < -0.4 is 11.2 Å². The fraction of sp³-hybridized carbons (Fsp3) is 0.381. The second-order valence-electron chi connectivity index (χ2n) is 7.16. The first-order valence-electron chi connectivity index (χ1n) is 9.90. The number of nitrogens with zero attached hydrogens (tertiary/aromatic N) is 4. The van der Waals surface area contributed by atoms with Gasteiger partial charge >= 0.3 is 11.7 Å². The summed E-state index contributed by atoms with van der Waals surface area (Å²) >= 11 is 0. The normalized spacial score (nSPS) is 13.1. The first kappa shape index (κ1) is 19.8. The monoisotopic (exact) mass is 410 g/mol. The summed E-state index contributed by atoms with van der Waals surface area (Å²) < 4.78 is 12.8. The minimum absolute atomic E-state index is 0.0221. The van der Waals surface area contributed by atoms with Gasteiger partial charge in [0.2, 0.25) is 11.7 Å². The third-order valence-electron chi connectivity index (χ3n) is 5.26. The molecular formula is C21H22N4O5. The van der Waals surface area contributed by atoms with Crippen molar-refractivity contribution in [2.24, 2.45) is 0 Å². The lowest BCUT2D eigenvalue weighted by molar-refractivity contribution is 0.0600. The fourth-order valence-electron chi connectivity index (χ4n) is 3.76. The number of carbonyl (C=O) groups is 1. The molecule has 0 radical (unpaired) electrons. The quantitative estimate of drug-likeness (QED) is 0.590. The highest BCUT2D eigenvalue weighted by Crippen LogP contribution is 2.22. The topological polar surface area (TPSA) is 109 Å². The summed E-state index contributed by atoms with van der Waals surface area (Å²) in [5.74, 6) is 0.160. The third-order valence-corrected chi connectivity index (χ3v) is 5.26. The van der Waals surface area contributed by atoms with E-state index < -0.39 is 11.5 Å². The zero-order valence-corrected chi connectivity index (χ0v) is 16.9. The molecule has 3 heterocycles. The molecule has 0 saturated heterocycles. The molecule has 4 rings (SSSR count). The summed E-state index contributed by atoms with van der Waals surface area (Å²) in [7, 11) is 1.30. The Hall–Kier alpha value is -3.49. The highest BCUT2D eigenvalue weighted by Gasteiger charge is 2.25. The molecule has 156 valence electrons. The van der Waals surface area contributed by atoms with Crippen LogP contribution in [0, 0.1) is 0 Å². The summed E-state index contributed by atoms with van der Waals surface area (Å²) in [5.41, 5.74) is 1.12. The Kier molecular flexibility index (Phi) is 5.35. The predicted octanol–water partition coefficient (Wildman–Crippen LogP) is 1.79. The molecule has 30 heavy (non-hydrogen) atoms. The third kappa shape index (κ3) is 3.47. The van der Waals surface area contributed by atoms with E-state index >= 15 is 0 Å². The Morgan fingerprint density at radius 1 is 1.27 bits per heavy atom. The Morgan fingerprint density at radius 2 is 2.10 bits per heavy atom. The van der Waals surface area contributed by atoms with Crippen molar-refractivity contribution in [1.82, 2.24) is 19.3 Å². The van der Waals surface area contributed by atoms with Gasteiger partial charge in [0.05, 0.1) is 19.2 Å². The van der Waals surface area contributed by atoms with E-state index in [1.807, 2.05) is 6.92 Å². The summed E-state index contributed by atoms with van der Waals surface area (Å²) in [6.07, 6.45) is 2.90. The SMILES string of the molecule is CCc1nc(-c2c3n(c(=O)n(Cc4cccc(C(=O)OC)c4)c2=O)CCCC3)no1. The van der Waals surface area contributed by atoms with Crippen LogP contribution in [0.5, 0.6) is 0 Å². The molecule has 0 atom stereocenters. The summed E-state index contributed by atoms with van der Waals surface area (Å²) in [6.45, 7) is 2.44. The van der Waals surface area contributed by atoms with Gasteiger partial charge in [-0.1, -0.05) is 24.2 Å². The van der Waals surface area contributed by atoms with Crippen LogP contribution in [0.1, 0.15) is 47.3 Å². The van der Waals surface area contributed by atoms with E-state index in [9.17, 15) is 14.4 Å². The molecule has 3 aromatic rings. The Morgan fingerprint density at radius 3 is 2.83 bits per heavy atom. The van der Waals surface area contributed by atoms with Crippen molar-refractivity contribution < 1.29 is 14.1 Å². The van der Waals surface area contributed by atoms with Crippen LogP contribution in [0.4, 0.5) is 0 Å². The first-order chi connectivity index (χ1) is 14.5. The van der Waals surface area contributed by atoms with E-state index in [-0.39, 0.29) is 18.1 Å². The molecule has 0 spiro atoms. The Balaban J connectivity index is 1.87. The lowest BCUT2D eigenvalue weighted by Crippen LogP contribution is -2.44. The number of esters is 1. The number of ether oxygens (including phenoxy) is 1. The van der Waals surface area contributed by atoms with Crippen molar-refractivity contribution in [3.05, 3.63) is 67.8 Å². The molecule has 0 N–H and O–H groups in total. The van der Waals surface area contributed by atoms with E-state index in [2.05, 4.69) is 10.1 Å². The Labute approximate surface area is 171 Å². The van der Waals surface area contributed by atoms with Crippen LogP contribution in [-0.2, 0) is 30.7 Å². The molecule has 0 saturated carbocycles. The zero-order chi connectivity index (χ0) is 21.3. The van der Waals surface area contributed by atoms with Gasteiger partial charge in [0.25, 0.3) is 5.56 Å². The van der Waals surface area contributed by atoms with Gasteiger partial charge in [-0.15, -0.1) is 0 Å². The minimum Gasteiger partial charge on any atom is -0.465 e. The smallest absolute Gasteiger partial charge is 0.337 e. The number of methoxy groups -OCH3 is 1. The number of carbonyl (C=O) groups excluding carboxylic acids is 1. The van der Waals surface area contributed by atoms with Crippen LogP contribution in [0.15, 0.2) is 38.4 Å². The van der Waals surface area contributed by atoms with Gasteiger partial charge in [-0.05, 0) is 37.0 Å². The van der Waals surface area contributed by atoms with Gasteiger partial charge in [-0.3, -0.25) is 13.9 Å². The van der Waals surface area contributed by atoms with E-state index in [1.165, 1.54) is 11.7 Å². The fourth-order valence-corrected chi connectivity index (χ4v) is 3.76. The average Bonchev–Trinajstić information content (AvgIpc) is 3.25. The second-order valence-corrected chi connectivity index (χ2v) is 7.16. The minimum atomic E-state index is -0.481. The van der Waals surface area contributed by atoms with Crippen molar-refractivity contribution in [3.8, 4) is 11.4 Å². The predicted molar refractivity (Wildman–Crippen MR) is 107 cm³/mol. The first-order valence-corrected chi connectivity index (χ1v) is 9.90. The molecule has 0 amide bonds. The van der Waals surface area contributed by atoms with Crippen molar-refractivity contribution in [1.29, 1.82) is 0 Å². The van der Waals surface area contributed by atoms with Gasteiger partial charge < -0.3 is 9.26 Å². The summed E-state index contributed by atoms with van der Waals surface area (Å²) in [5, 5.41) is 3.98. The maximum atomic E-state index is 13.4. The van der Waals surface area contributed by atoms with Gasteiger partial charge in [-0.2, -0.15) is 4.98 Å². The zero-order valence-electron chi connectivity index (χ0n) is 16.9. The second kappa shape index (κ2) is 8.10. The van der Waals surface area contributed by atoms with E-state index in [4.69, 9.17) is 9.26 Å². The number of fused-ring (bicyclic) bond motifs is 1. The molecule has 9 nitrogen and oxygen atoms in total. The van der Waals surface area contributed by atoms with Crippen molar-refractivity contribution in [2.45, 2.75) is 45.7 Å². The standard InChI is InChI=1S/C21H22N4O5/c1-3-16-22-18(23-30-16)17-15-9-4-5-10-24(15)21(28)25(19(17)26)12-13-7-6-8-14(11-13)20(27)29-2/h6-8,11H,3-5,9-10,12H2,1-2H3. The molecule has 2 aromatic heterocycles.